The lowest BCUT2D eigenvalue weighted by Gasteiger charge is -2.15. The maximum absolute atomic E-state index is 11.8. The SMILES string of the molecule is Cc1cc(=O)c(C(=O)NCCC(=O)N2CCCC2)c[nH]1. The van der Waals surface area contributed by atoms with Gasteiger partial charge in [0.15, 0.2) is 5.43 Å². The van der Waals surface area contributed by atoms with Gasteiger partial charge in [-0.3, -0.25) is 14.4 Å². The fourth-order valence-electron chi connectivity index (χ4n) is 2.25. The molecule has 6 nitrogen and oxygen atoms in total. The molecule has 1 aliphatic rings. The average Bonchev–Trinajstić information content (AvgIpc) is 2.92. The third kappa shape index (κ3) is 3.46. The molecule has 1 aromatic heterocycles. The van der Waals surface area contributed by atoms with Gasteiger partial charge in [0.1, 0.15) is 5.56 Å². The van der Waals surface area contributed by atoms with Gasteiger partial charge < -0.3 is 15.2 Å². The van der Waals surface area contributed by atoms with E-state index in [1.807, 2.05) is 4.90 Å². The van der Waals surface area contributed by atoms with Crippen molar-refractivity contribution in [3.8, 4) is 0 Å². The molecule has 0 spiro atoms. The number of carbonyl (C=O) groups is 2. The first-order chi connectivity index (χ1) is 9.58. The molecule has 0 unspecified atom stereocenters. The zero-order valence-electron chi connectivity index (χ0n) is 11.6. The van der Waals surface area contributed by atoms with E-state index in [1.54, 1.807) is 6.92 Å². The van der Waals surface area contributed by atoms with Gasteiger partial charge in [-0.15, -0.1) is 0 Å². The summed E-state index contributed by atoms with van der Waals surface area (Å²) in [5.41, 5.74) is 0.463. The van der Waals surface area contributed by atoms with Gasteiger partial charge in [0, 0.05) is 44.0 Å². The third-order valence-corrected chi connectivity index (χ3v) is 3.39. The molecule has 2 amide bonds. The van der Waals surface area contributed by atoms with Gasteiger partial charge in [0.2, 0.25) is 5.91 Å². The van der Waals surface area contributed by atoms with Crippen LogP contribution in [0.5, 0.6) is 0 Å². The van der Waals surface area contributed by atoms with Gasteiger partial charge in [0.05, 0.1) is 0 Å². The fourth-order valence-corrected chi connectivity index (χ4v) is 2.25. The van der Waals surface area contributed by atoms with Crippen LogP contribution in [0.15, 0.2) is 17.1 Å². The first-order valence-corrected chi connectivity index (χ1v) is 6.83. The highest BCUT2D eigenvalue weighted by molar-refractivity contribution is 5.94. The zero-order valence-corrected chi connectivity index (χ0v) is 11.6. The highest BCUT2D eigenvalue weighted by Gasteiger charge is 2.17. The van der Waals surface area contributed by atoms with E-state index in [0.29, 0.717) is 5.69 Å². The Morgan fingerprint density at radius 1 is 1.35 bits per heavy atom. The first kappa shape index (κ1) is 14.3. The van der Waals surface area contributed by atoms with Crippen LogP contribution >= 0.6 is 0 Å². The smallest absolute Gasteiger partial charge is 0.256 e. The molecule has 0 saturated carbocycles. The summed E-state index contributed by atoms with van der Waals surface area (Å²) in [6, 6.07) is 1.38. The maximum Gasteiger partial charge on any atom is 0.256 e. The number of hydrogen-bond acceptors (Lipinski definition) is 3. The van der Waals surface area contributed by atoms with E-state index >= 15 is 0 Å². The number of hydrogen-bond donors (Lipinski definition) is 2. The summed E-state index contributed by atoms with van der Waals surface area (Å²) in [6.45, 7) is 3.62. The second-order valence-electron chi connectivity index (χ2n) is 4.99. The molecule has 2 rings (SSSR count). The number of pyridine rings is 1. The molecule has 0 aromatic carbocycles. The number of likely N-dealkylation sites (tertiary alicyclic amines) is 1. The lowest BCUT2D eigenvalue weighted by molar-refractivity contribution is -0.129. The average molecular weight is 277 g/mol. The fraction of sp³-hybridized carbons (Fsp3) is 0.500. The van der Waals surface area contributed by atoms with Crippen LogP contribution in [0.25, 0.3) is 0 Å². The molecule has 1 saturated heterocycles. The van der Waals surface area contributed by atoms with Crippen molar-refractivity contribution in [1.82, 2.24) is 15.2 Å². The van der Waals surface area contributed by atoms with Crippen LogP contribution in [0.3, 0.4) is 0 Å². The molecule has 0 radical (unpaired) electrons. The van der Waals surface area contributed by atoms with E-state index in [9.17, 15) is 14.4 Å². The highest BCUT2D eigenvalue weighted by atomic mass is 16.2. The van der Waals surface area contributed by atoms with Crippen molar-refractivity contribution in [1.29, 1.82) is 0 Å². The number of nitrogens with zero attached hydrogens (tertiary/aromatic N) is 1. The first-order valence-electron chi connectivity index (χ1n) is 6.83. The van der Waals surface area contributed by atoms with Crippen molar-refractivity contribution in [2.75, 3.05) is 19.6 Å². The van der Waals surface area contributed by atoms with Crippen LogP contribution < -0.4 is 10.7 Å². The van der Waals surface area contributed by atoms with Gasteiger partial charge in [-0.1, -0.05) is 0 Å². The monoisotopic (exact) mass is 277 g/mol. The van der Waals surface area contributed by atoms with Crippen molar-refractivity contribution < 1.29 is 9.59 Å². The number of nitrogens with one attached hydrogen (secondary N) is 2. The minimum Gasteiger partial charge on any atom is -0.364 e. The summed E-state index contributed by atoms with van der Waals surface area (Å²) in [5.74, 6) is -0.388. The Hall–Kier alpha value is -2.11. The topological polar surface area (TPSA) is 82.3 Å². The maximum atomic E-state index is 11.8. The Morgan fingerprint density at radius 2 is 2.05 bits per heavy atom. The molecule has 2 heterocycles. The van der Waals surface area contributed by atoms with Crippen LogP contribution in [-0.4, -0.2) is 41.3 Å². The molecule has 1 aromatic rings. The molecule has 6 heteroatoms. The Morgan fingerprint density at radius 3 is 2.70 bits per heavy atom. The van der Waals surface area contributed by atoms with Crippen molar-refractivity contribution >= 4 is 11.8 Å². The van der Waals surface area contributed by atoms with Gasteiger partial charge >= 0.3 is 0 Å². The lowest BCUT2D eigenvalue weighted by Crippen LogP contribution is -2.34. The summed E-state index contributed by atoms with van der Waals surface area (Å²) >= 11 is 0. The summed E-state index contributed by atoms with van der Waals surface area (Å²) in [4.78, 5) is 39.9. The standard InChI is InChI=1S/C14H19N3O3/c1-10-8-12(18)11(9-16-10)14(20)15-5-4-13(19)17-6-2-3-7-17/h8-9H,2-7H2,1H3,(H,15,20)(H,16,18). The van der Waals surface area contributed by atoms with E-state index in [0.717, 1.165) is 25.9 Å². The van der Waals surface area contributed by atoms with Crippen LogP contribution in [0, 0.1) is 6.92 Å². The molecule has 108 valence electrons. The summed E-state index contributed by atoms with van der Waals surface area (Å²) in [7, 11) is 0. The molecular formula is C14H19N3O3. The number of aromatic amines is 1. The molecule has 1 fully saturated rings. The van der Waals surface area contributed by atoms with Crippen molar-refractivity contribution in [3.63, 3.8) is 0 Å². The predicted octanol–water partition coefficient (Wildman–Crippen LogP) is 0.426. The Balaban J connectivity index is 1.83. The third-order valence-electron chi connectivity index (χ3n) is 3.39. The van der Waals surface area contributed by atoms with Crippen LogP contribution in [0.4, 0.5) is 0 Å². The van der Waals surface area contributed by atoms with Gasteiger partial charge in [0.25, 0.3) is 5.91 Å². The van der Waals surface area contributed by atoms with Crippen molar-refractivity contribution in [2.45, 2.75) is 26.2 Å². The number of amides is 2. The quantitative estimate of drug-likeness (QED) is 0.837. The molecule has 2 N–H and O–H groups in total. The van der Waals surface area contributed by atoms with E-state index < -0.39 is 5.91 Å². The Bertz CT molecular complexity index is 559. The van der Waals surface area contributed by atoms with E-state index in [4.69, 9.17) is 0 Å². The molecule has 0 aliphatic carbocycles. The molecule has 0 atom stereocenters. The largest absolute Gasteiger partial charge is 0.364 e. The minimum atomic E-state index is -0.444. The summed E-state index contributed by atoms with van der Waals surface area (Å²) in [6.07, 6.45) is 3.78. The van der Waals surface area contributed by atoms with Crippen LogP contribution in [0.2, 0.25) is 0 Å². The van der Waals surface area contributed by atoms with E-state index in [-0.39, 0.29) is 29.9 Å². The lowest BCUT2D eigenvalue weighted by atomic mass is 10.2. The Kier molecular flexibility index (Phi) is 4.55. The minimum absolute atomic E-state index is 0.0561. The number of aryl methyl sites for hydroxylation is 1. The number of aromatic nitrogens is 1. The van der Waals surface area contributed by atoms with Gasteiger partial charge in [-0.25, -0.2) is 0 Å². The van der Waals surface area contributed by atoms with E-state index in [1.165, 1.54) is 12.3 Å². The molecule has 0 bridgehead atoms. The molecule has 20 heavy (non-hydrogen) atoms. The summed E-state index contributed by atoms with van der Waals surface area (Å²) < 4.78 is 0. The summed E-state index contributed by atoms with van der Waals surface area (Å²) in [5, 5.41) is 2.61. The number of H-pyrrole nitrogens is 1. The normalized spacial score (nSPS) is 14.3. The number of carbonyl (C=O) groups excluding carboxylic acids is 2. The second-order valence-corrected chi connectivity index (χ2v) is 4.99. The molecular weight excluding hydrogens is 258 g/mol. The van der Waals surface area contributed by atoms with Gasteiger partial charge in [-0.2, -0.15) is 0 Å². The van der Waals surface area contributed by atoms with Crippen LogP contribution in [0.1, 0.15) is 35.3 Å². The van der Waals surface area contributed by atoms with Gasteiger partial charge in [-0.05, 0) is 19.8 Å². The van der Waals surface area contributed by atoms with Crippen molar-refractivity contribution in [2.24, 2.45) is 0 Å². The van der Waals surface area contributed by atoms with E-state index in [2.05, 4.69) is 10.3 Å². The molecule has 1 aliphatic heterocycles. The van der Waals surface area contributed by atoms with Crippen molar-refractivity contribution in [3.05, 3.63) is 33.7 Å². The Labute approximate surface area is 117 Å². The number of rotatable bonds is 4. The second kappa shape index (κ2) is 6.36. The zero-order chi connectivity index (χ0) is 14.5. The van der Waals surface area contributed by atoms with Crippen LogP contribution in [-0.2, 0) is 4.79 Å². The highest BCUT2D eigenvalue weighted by Crippen LogP contribution is 2.08. The predicted molar refractivity (Wildman–Crippen MR) is 74.6 cm³/mol.